The topological polar surface area (TPSA) is 61.8 Å². The molecule has 0 aliphatic carbocycles. The van der Waals surface area contributed by atoms with Gasteiger partial charge in [-0.2, -0.15) is 0 Å². The van der Waals surface area contributed by atoms with Gasteiger partial charge in [0.15, 0.2) is 0 Å². The molecule has 0 bridgehead atoms. The van der Waals surface area contributed by atoms with Crippen molar-refractivity contribution >= 4 is 5.91 Å². The molecule has 88 valence electrons. The molecule has 5 nitrogen and oxygen atoms in total. The van der Waals surface area contributed by atoms with Gasteiger partial charge in [0.05, 0.1) is 19.3 Å². The molecule has 1 fully saturated rings. The second kappa shape index (κ2) is 6.76. The second-order valence-corrected chi connectivity index (χ2v) is 3.80. The lowest BCUT2D eigenvalue weighted by atomic mass is 10.3. The summed E-state index contributed by atoms with van der Waals surface area (Å²) in [6, 6.07) is 0. The predicted molar refractivity (Wildman–Crippen MR) is 56.6 cm³/mol. The Morgan fingerprint density at radius 3 is 2.80 bits per heavy atom. The molecule has 0 saturated carbocycles. The number of amides is 1. The minimum absolute atomic E-state index is 0.163. The summed E-state index contributed by atoms with van der Waals surface area (Å²) in [7, 11) is 0. The number of hydrogen-bond donors (Lipinski definition) is 2. The third kappa shape index (κ3) is 5.11. The third-order valence-electron chi connectivity index (χ3n) is 2.32. The van der Waals surface area contributed by atoms with Crippen molar-refractivity contribution in [1.82, 2.24) is 10.2 Å². The van der Waals surface area contributed by atoms with Gasteiger partial charge < -0.3 is 20.1 Å². The van der Waals surface area contributed by atoms with Gasteiger partial charge in [-0.25, -0.2) is 0 Å². The second-order valence-electron chi connectivity index (χ2n) is 3.80. The van der Waals surface area contributed by atoms with E-state index in [1.54, 1.807) is 6.92 Å². The van der Waals surface area contributed by atoms with Gasteiger partial charge in [-0.1, -0.05) is 0 Å². The average Bonchev–Trinajstić information content (AvgIpc) is 2.25. The Morgan fingerprint density at radius 1 is 1.53 bits per heavy atom. The lowest BCUT2D eigenvalue weighted by Gasteiger charge is -2.26. The summed E-state index contributed by atoms with van der Waals surface area (Å²) in [5, 5.41) is 12.0. The largest absolute Gasteiger partial charge is 0.392 e. The van der Waals surface area contributed by atoms with E-state index in [9.17, 15) is 4.79 Å². The first-order chi connectivity index (χ1) is 7.20. The maximum Gasteiger partial charge on any atom is 0.224 e. The van der Waals surface area contributed by atoms with Gasteiger partial charge in [0.2, 0.25) is 5.91 Å². The number of nitrogens with one attached hydrogen (secondary N) is 1. The maximum atomic E-state index is 11.6. The molecule has 0 unspecified atom stereocenters. The third-order valence-corrected chi connectivity index (χ3v) is 2.32. The van der Waals surface area contributed by atoms with Gasteiger partial charge in [0, 0.05) is 32.6 Å². The highest BCUT2D eigenvalue weighted by molar-refractivity contribution is 5.76. The number of nitrogens with zero attached hydrogens (tertiary/aromatic N) is 1. The molecule has 1 aliphatic heterocycles. The minimum Gasteiger partial charge on any atom is -0.392 e. The first-order valence-electron chi connectivity index (χ1n) is 5.44. The molecule has 1 amide bonds. The molecule has 1 aliphatic rings. The van der Waals surface area contributed by atoms with Crippen molar-refractivity contribution in [2.75, 3.05) is 39.4 Å². The van der Waals surface area contributed by atoms with E-state index in [-0.39, 0.29) is 12.0 Å². The van der Waals surface area contributed by atoms with Crippen molar-refractivity contribution in [1.29, 1.82) is 0 Å². The monoisotopic (exact) mass is 216 g/mol. The van der Waals surface area contributed by atoms with E-state index in [1.165, 1.54) is 0 Å². The van der Waals surface area contributed by atoms with E-state index in [2.05, 4.69) is 5.32 Å². The van der Waals surface area contributed by atoms with Crippen molar-refractivity contribution < 1.29 is 14.6 Å². The van der Waals surface area contributed by atoms with Crippen molar-refractivity contribution in [2.24, 2.45) is 0 Å². The number of hydrogen-bond acceptors (Lipinski definition) is 4. The Hall–Kier alpha value is -0.650. The van der Waals surface area contributed by atoms with Crippen LogP contribution in [-0.4, -0.2) is 61.4 Å². The Bertz CT molecular complexity index is 191. The van der Waals surface area contributed by atoms with Crippen molar-refractivity contribution in [2.45, 2.75) is 19.4 Å². The number of rotatable bonds is 5. The number of aliphatic hydroxyl groups is 1. The molecular weight excluding hydrogens is 196 g/mol. The van der Waals surface area contributed by atoms with Crippen LogP contribution >= 0.6 is 0 Å². The number of ether oxygens (including phenoxy) is 1. The van der Waals surface area contributed by atoms with E-state index in [0.29, 0.717) is 45.8 Å². The van der Waals surface area contributed by atoms with Crippen LogP contribution in [0.1, 0.15) is 13.3 Å². The number of carbonyl (C=O) groups excluding carboxylic acids is 1. The number of carbonyl (C=O) groups is 1. The lowest BCUT2D eigenvalue weighted by Crippen LogP contribution is -2.41. The summed E-state index contributed by atoms with van der Waals surface area (Å²) in [5.41, 5.74) is 0. The summed E-state index contributed by atoms with van der Waals surface area (Å²) in [6.45, 7) is 5.58. The van der Waals surface area contributed by atoms with Gasteiger partial charge in [0.25, 0.3) is 0 Å². The van der Waals surface area contributed by atoms with Crippen molar-refractivity contribution in [3.63, 3.8) is 0 Å². The molecule has 0 aromatic carbocycles. The zero-order valence-electron chi connectivity index (χ0n) is 9.24. The molecule has 1 atom stereocenters. The molecule has 0 aromatic heterocycles. The van der Waals surface area contributed by atoms with E-state index in [4.69, 9.17) is 9.84 Å². The van der Waals surface area contributed by atoms with E-state index >= 15 is 0 Å². The quantitative estimate of drug-likeness (QED) is 0.591. The fourth-order valence-corrected chi connectivity index (χ4v) is 1.48. The Labute approximate surface area is 90.4 Å². The highest BCUT2D eigenvalue weighted by atomic mass is 16.5. The fraction of sp³-hybridized carbons (Fsp3) is 0.900. The first-order valence-corrected chi connectivity index (χ1v) is 5.44. The van der Waals surface area contributed by atoms with E-state index in [1.807, 2.05) is 4.90 Å². The number of aliphatic hydroxyl groups excluding tert-OH is 1. The number of morpholine rings is 1. The standard InChI is InChI=1S/C10H20N2O3/c1-9(13)8-11-3-2-10(14)12-4-6-15-7-5-12/h9,11,13H,2-8H2,1H3/t9-/m0/s1. The van der Waals surface area contributed by atoms with Crippen LogP contribution in [0.2, 0.25) is 0 Å². The molecule has 2 N–H and O–H groups in total. The van der Waals surface area contributed by atoms with Crippen LogP contribution in [0, 0.1) is 0 Å². The molecule has 5 heteroatoms. The molecule has 0 spiro atoms. The predicted octanol–water partition coefficient (Wildman–Crippen LogP) is -0.794. The van der Waals surface area contributed by atoms with E-state index in [0.717, 1.165) is 0 Å². The minimum atomic E-state index is -0.358. The maximum absolute atomic E-state index is 11.6. The van der Waals surface area contributed by atoms with Gasteiger partial charge in [-0.05, 0) is 6.92 Å². The average molecular weight is 216 g/mol. The SMILES string of the molecule is C[C@H](O)CNCCC(=O)N1CCOCC1. The molecule has 1 saturated heterocycles. The van der Waals surface area contributed by atoms with Gasteiger partial charge in [0.1, 0.15) is 0 Å². The van der Waals surface area contributed by atoms with Crippen LogP contribution in [0.25, 0.3) is 0 Å². The summed E-state index contributed by atoms with van der Waals surface area (Å²) < 4.78 is 5.16. The molecule has 1 rings (SSSR count). The summed E-state index contributed by atoms with van der Waals surface area (Å²) in [6.07, 6.45) is 0.135. The zero-order valence-corrected chi connectivity index (χ0v) is 9.24. The van der Waals surface area contributed by atoms with Crippen LogP contribution in [-0.2, 0) is 9.53 Å². The Morgan fingerprint density at radius 2 is 2.20 bits per heavy atom. The molecule has 0 radical (unpaired) electrons. The van der Waals surface area contributed by atoms with Crippen LogP contribution < -0.4 is 5.32 Å². The molecule has 0 aromatic rings. The van der Waals surface area contributed by atoms with Gasteiger partial charge >= 0.3 is 0 Å². The van der Waals surface area contributed by atoms with Gasteiger partial charge in [-0.3, -0.25) is 4.79 Å². The van der Waals surface area contributed by atoms with Crippen molar-refractivity contribution in [3.05, 3.63) is 0 Å². The summed E-state index contributed by atoms with van der Waals surface area (Å²) in [4.78, 5) is 13.4. The van der Waals surface area contributed by atoms with Crippen LogP contribution in [0.4, 0.5) is 0 Å². The molecular formula is C10H20N2O3. The zero-order chi connectivity index (χ0) is 11.1. The molecule has 15 heavy (non-hydrogen) atoms. The van der Waals surface area contributed by atoms with Crippen LogP contribution in [0.15, 0.2) is 0 Å². The van der Waals surface area contributed by atoms with Gasteiger partial charge in [-0.15, -0.1) is 0 Å². The van der Waals surface area contributed by atoms with Crippen molar-refractivity contribution in [3.8, 4) is 0 Å². The Kier molecular flexibility index (Phi) is 5.60. The highest BCUT2D eigenvalue weighted by Crippen LogP contribution is 1.99. The Balaban J connectivity index is 2.07. The summed E-state index contributed by atoms with van der Waals surface area (Å²) >= 11 is 0. The smallest absolute Gasteiger partial charge is 0.224 e. The summed E-state index contributed by atoms with van der Waals surface area (Å²) in [5.74, 6) is 0.163. The van der Waals surface area contributed by atoms with Crippen LogP contribution in [0.5, 0.6) is 0 Å². The first kappa shape index (κ1) is 12.4. The fourth-order valence-electron chi connectivity index (χ4n) is 1.48. The van der Waals surface area contributed by atoms with Crippen LogP contribution in [0.3, 0.4) is 0 Å². The van der Waals surface area contributed by atoms with E-state index < -0.39 is 0 Å². The molecule has 1 heterocycles. The lowest BCUT2D eigenvalue weighted by molar-refractivity contribution is -0.135. The highest BCUT2D eigenvalue weighted by Gasteiger charge is 2.15. The normalized spacial score (nSPS) is 18.9.